The first kappa shape index (κ1) is 18.7. The monoisotopic (exact) mass is 335 g/mol. The Morgan fingerprint density at radius 3 is 2.79 bits per heavy atom. The van der Waals surface area contributed by atoms with E-state index in [4.69, 9.17) is 14.6 Å². The number of carboxylic acid groups (broad SMARTS) is 1. The minimum atomic E-state index is -0.791. The number of nitrogens with zero attached hydrogens (tertiary/aromatic N) is 1. The molecule has 24 heavy (non-hydrogen) atoms. The van der Waals surface area contributed by atoms with E-state index in [1.165, 1.54) is 6.42 Å². The Balaban J connectivity index is 1.50. The maximum absolute atomic E-state index is 10.5. The van der Waals surface area contributed by atoms with Crippen LogP contribution in [0.15, 0.2) is 30.3 Å². The summed E-state index contributed by atoms with van der Waals surface area (Å²) < 4.78 is 11.4. The second-order valence-electron chi connectivity index (χ2n) is 6.30. The number of likely N-dealkylation sites (tertiary alicyclic amines) is 1. The van der Waals surface area contributed by atoms with Gasteiger partial charge in [-0.2, -0.15) is 0 Å². The highest BCUT2D eigenvalue weighted by Gasteiger charge is 2.20. The minimum Gasteiger partial charge on any atom is -0.494 e. The van der Waals surface area contributed by atoms with Crippen LogP contribution in [0, 0.1) is 0 Å². The quantitative estimate of drug-likeness (QED) is 0.629. The van der Waals surface area contributed by atoms with Crippen molar-refractivity contribution in [1.82, 2.24) is 4.90 Å². The van der Waals surface area contributed by atoms with Crippen LogP contribution >= 0.6 is 0 Å². The standard InChI is InChI=1S/C19H29NO4/c21-19(22)11-15-24-18-10-7-13-20(16-18)12-5-2-6-14-23-17-8-3-1-4-9-17/h1,3-4,8-9,18H,2,5-7,10-16H2,(H,21,22). The van der Waals surface area contributed by atoms with Gasteiger partial charge in [-0.1, -0.05) is 18.2 Å². The maximum atomic E-state index is 10.5. The fourth-order valence-electron chi connectivity index (χ4n) is 2.99. The molecule has 0 spiro atoms. The van der Waals surface area contributed by atoms with Gasteiger partial charge in [-0.25, -0.2) is 0 Å². The van der Waals surface area contributed by atoms with E-state index in [1.807, 2.05) is 30.3 Å². The molecule has 0 saturated carbocycles. The molecule has 5 nitrogen and oxygen atoms in total. The summed E-state index contributed by atoms with van der Waals surface area (Å²) in [6.45, 7) is 4.24. The third-order valence-corrected chi connectivity index (χ3v) is 4.26. The summed E-state index contributed by atoms with van der Waals surface area (Å²) in [5.41, 5.74) is 0. The molecule has 1 aliphatic heterocycles. The maximum Gasteiger partial charge on any atom is 0.305 e. The Bertz CT molecular complexity index is 466. The van der Waals surface area contributed by atoms with Gasteiger partial charge in [-0.3, -0.25) is 4.79 Å². The Morgan fingerprint density at radius 1 is 1.17 bits per heavy atom. The topological polar surface area (TPSA) is 59.0 Å². The average molecular weight is 335 g/mol. The van der Waals surface area contributed by atoms with Gasteiger partial charge in [0.05, 0.1) is 25.7 Å². The van der Waals surface area contributed by atoms with Crippen molar-refractivity contribution in [2.75, 3.05) is 32.8 Å². The Morgan fingerprint density at radius 2 is 2.00 bits per heavy atom. The van der Waals surface area contributed by atoms with Crippen molar-refractivity contribution >= 4 is 5.97 Å². The second kappa shape index (κ2) is 11.0. The summed E-state index contributed by atoms with van der Waals surface area (Å²) in [4.78, 5) is 13.0. The van der Waals surface area contributed by atoms with Crippen LogP contribution in [0.1, 0.15) is 38.5 Å². The van der Waals surface area contributed by atoms with Gasteiger partial charge in [0.2, 0.25) is 0 Å². The second-order valence-corrected chi connectivity index (χ2v) is 6.30. The molecule has 5 heteroatoms. The van der Waals surface area contributed by atoms with Crippen LogP contribution < -0.4 is 4.74 Å². The van der Waals surface area contributed by atoms with Crippen molar-refractivity contribution in [1.29, 1.82) is 0 Å². The van der Waals surface area contributed by atoms with Gasteiger partial charge < -0.3 is 19.5 Å². The SMILES string of the molecule is O=C(O)CCOC1CCCN(CCCCCOc2ccccc2)C1. The lowest BCUT2D eigenvalue weighted by molar-refractivity contribution is -0.139. The van der Waals surface area contributed by atoms with Crippen LogP contribution in [0.4, 0.5) is 0 Å². The number of ether oxygens (including phenoxy) is 2. The van der Waals surface area contributed by atoms with Gasteiger partial charge in [0, 0.05) is 6.54 Å². The zero-order valence-corrected chi connectivity index (χ0v) is 14.4. The van der Waals surface area contributed by atoms with E-state index < -0.39 is 5.97 Å². The Hall–Kier alpha value is -1.59. The molecule has 0 amide bonds. The molecule has 134 valence electrons. The third kappa shape index (κ3) is 7.79. The first-order valence-corrected chi connectivity index (χ1v) is 8.97. The molecule has 1 heterocycles. The molecule has 1 fully saturated rings. The van der Waals surface area contributed by atoms with Crippen molar-refractivity contribution in [3.8, 4) is 5.75 Å². The van der Waals surface area contributed by atoms with Crippen molar-refractivity contribution in [2.24, 2.45) is 0 Å². The number of piperidine rings is 1. The number of carbonyl (C=O) groups is 1. The number of unbranched alkanes of at least 4 members (excludes halogenated alkanes) is 2. The van der Waals surface area contributed by atoms with E-state index in [9.17, 15) is 4.79 Å². The van der Waals surface area contributed by atoms with Gasteiger partial charge in [0.15, 0.2) is 0 Å². The van der Waals surface area contributed by atoms with Crippen molar-refractivity contribution < 1.29 is 19.4 Å². The zero-order valence-electron chi connectivity index (χ0n) is 14.4. The number of rotatable bonds is 11. The van der Waals surface area contributed by atoms with Crippen LogP contribution in [-0.4, -0.2) is 54.9 Å². The first-order chi connectivity index (χ1) is 11.7. The van der Waals surface area contributed by atoms with Crippen LogP contribution in [0.5, 0.6) is 5.75 Å². The molecular formula is C19H29NO4. The number of hydrogen-bond acceptors (Lipinski definition) is 4. The predicted octanol–water partition coefficient (Wildman–Crippen LogP) is 3.19. The lowest BCUT2D eigenvalue weighted by Crippen LogP contribution is -2.40. The summed E-state index contributed by atoms with van der Waals surface area (Å²) in [7, 11) is 0. The molecule has 1 unspecified atom stereocenters. The van der Waals surface area contributed by atoms with Gasteiger partial charge >= 0.3 is 5.97 Å². The average Bonchev–Trinajstić information content (AvgIpc) is 2.59. The van der Waals surface area contributed by atoms with E-state index in [1.54, 1.807) is 0 Å². The normalized spacial score (nSPS) is 18.4. The Kier molecular flexibility index (Phi) is 8.63. The van der Waals surface area contributed by atoms with Crippen LogP contribution in [0.2, 0.25) is 0 Å². The lowest BCUT2D eigenvalue weighted by Gasteiger charge is -2.32. The highest BCUT2D eigenvalue weighted by Crippen LogP contribution is 2.15. The highest BCUT2D eigenvalue weighted by molar-refractivity contribution is 5.66. The van der Waals surface area contributed by atoms with Crippen molar-refractivity contribution in [3.05, 3.63) is 30.3 Å². The predicted molar refractivity (Wildman–Crippen MR) is 93.5 cm³/mol. The summed E-state index contributed by atoms with van der Waals surface area (Å²) in [5, 5.41) is 8.65. The highest BCUT2D eigenvalue weighted by atomic mass is 16.5. The molecule has 1 N–H and O–H groups in total. The van der Waals surface area contributed by atoms with Gasteiger partial charge in [0.25, 0.3) is 0 Å². The van der Waals surface area contributed by atoms with Crippen LogP contribution in [0.25, 0.3) is 0 Å². The first-order valence-electron chi connectivity index (χ1n) is 8.97. The number of para-hydroxylation sites is 1. The molecule has 1 saturated heterocycles. The molecule has 0 aromatic heterocycles. The smallest absolute Gasteiger partial charge is 0.305 e. The van der Waals surface area contributed by atoms with E-state index >= 15 is 0 Å². The minimum absolute atomic E-state index is 0.0952. The summed E-state index contributed by atoms with van der Waals surface area (Å²) in [6, 6.07) is 9.93. The summed E-state index contributed by atoms with van der Waals surface area (Å²) in [6.07, 6.45) is 5.86. The van der Waals surface area contributed by atoms with E-state index in [0.29, 0.717) is 6.61 Å². The summed E-state index contributed by atoms with van der Waals surface area (Å²) in [5.74, 6) is 0.148. The van der Waals surface area contributed by atoms with Gasteiger partial charge in [-0.05, 0) is 57.3 Å². The molecule has 0 radical (unpaired) electrons. The third-order valence-electron chi connectivity index (χ3n) is 4.26. The van der Waals surface area contributed by atoms with Gasteiger partial charge in [0.1, 0.15) is 5.75 Å². The Labute approximate surface area is 144 Å². The fourth-order valence-corrected chi connectivity index (χ4v) is 2.99. The number of aliphatic carboxylic acids is 1. The van der Waals surface area contributed by atoms with Crippen molar-refractivity contribution in [3.63, 3.8) is 0 Å². The summed E-state index contributed by atoms with van der Waals surface area (Å²) >= 11 is 0. The molecule has 1 aromatic carbocycles. The molecular weight excluding hydrogens is 306 g/mol. The molecule has 0 bridgehead atoms. The largest absolute Gasteiger partial charge is 0.494 e. The van der Waals surface area contributed by atoms with E-state index in [-0.39, 0.29) is 12.5 Å². The van der Waals surface area contributed by atoms with E-state index in [0.717, 1.165) is 57.7 Å². The molecule has 2 rings (SSSR count). The number of carboxylic acids is 1. The molecule has 1 aliphatic rings. The van der Waals surface area contributed by atoms with Crippen LogP contribution in [-0.2, 0) is 9.53 Å². The fraction of sp³-hybridized carbons (Fsp3) is 0.632. The number of hydrogen-bond donors (Lipinski definition) is 1. The van der Waals surface area contributed by atoms with Gasteiger partial charge in [-0.15, -0.1) is 0 Å². The molecule has 1 atom stereocenters. The van der Waals surface area contributed by atoms with Crippen LogP contribution in [0.3, 0.4) is 0 Å². The van der Waals surface area contributed by atoms with Crippen molar-refractivity contribution in [2.45, 2.75) is 44.6 Å². The molecule has 0 aliphatic carbocycles. The lowest BCUT2D eigenvalue weighted by atomic mass is 10.1. The molecule has 1 aromatic rings. The number of benzene rings is 1. The van der Waals surface area contributed by atoms with E-state index in [2.05, 4.69) is 4.90 Å². The zero-order chi connectivity index (χ0) is 17.0.